The number of nitrogens with one attached hydrogen (secondary N) is 1. The Hall–Kier alpha value is -3.26. The number of nitrogens with zero attached hydrogens (tertiary/aromatic N) is 4. The van der Waals surface area contributed by atoms with Crippen LogP contribution in [0.2, 0.25) is 0 Å². The highest BCUT2D eigenvalue weighted by Gasteiger charge is 2.19. The normalized spacial score (nSPS) is 12.4. The number of fused-ring (bicyclic) bond motifs is 1. The maximum absolute atomic E-state index is 12.7. The van der Waals surface area contributed by atoms with E-state index < -0.39 is 0 Å². The summed E-state index contributed by atoms with van der Waals surface area (Å²) in [6, 6.07) is 14.9. The van der Waals surface area contributed by atoms with Crippen LogP contribution in [0.1, 0.15) is 20.3 Å². The van der Waals surface area contributed by atoms with Crippen molar-refractivity contribution in [3.8, 4) is 10.6 Å². The minimum Gasteiger partial charge on any atom is -0.351 e. The molecule has 0 radical (unpaired) electrons. The lowest BCUT2D eigenvalue weighted by Gasteiger charge is -2.23. The molecule has 3 heterocycles. The second kappa shape index (κ2) is 9.26. The molecule has 160 valence electrons. The Balaban J connectivity index is 1.43. The number of carbonyl (C=O) groups excluding carboxylic acids is 1. The number of amides is 1. The third-order valence-electron chi connectivity index (χ3n) is 5.26. The van der Waals surface area contributed by atoms with Crippen LogP contribution in [-0.2, 0) is 17.9 Å². The van der Waals surface area contributed by atoms with Crippen molar-refractivity contribution in [2.75, 3.05) is 0 Å². The van der Waals surface area contributed by atoms with E-state index in [1.165, 1.54) is 10.7 Å². The Morgan fingerprint density at radius 2 is 1.94 bits per heavy atom. The number of hydrogen-bond acceptors (Lipinski definition) is 5. The molecule has 7 nitrogen and oxygen atoms in total. The summed E-state index contributed by atoms with van der Waals surface area (Å²) in [6.07, 6.45) is 2.12. The Morgan fingerprint density at radius 3 is 2.71 bits per heavy atom. The van der Waals surface area contributed by atoms with Gasteiger partial charge in [-0.05, 0) is 29.5 Å². The summed E-state index contributed by atoms with van der Waals surface area (Å²) in [5.74, 6) is 0.0781. The van der Waals surface area contributed by atoms with Crippen molar-refractivity contribution in [1.82, 2.24) is 24.9 Å². The molecule has 1 aromatic carbocycles. The first-order valence-electron chi connectivity index (χ1n) is 10.3. The van der Waals surface area contributed by atoms with E-state index >= 15 is 0 Å². The average molecular weight is 436 g/mol. The molecule has 1 N–H and O–H groups in total. The quantitative estimate of drug-likeness (QED) is 0.459. The summed E-state index contributed by atoms with van der Waals surface area (Å²) in [5, 5.41) is 15.0. The minimum absolute atomic E-state index is 0.0688. The highest BCUT2D eigenvalue weighted by Crippen LogP contribution is 2.21. The maximum atomic E-state index is 12.7. The second-order valence-electron chi connectivity index (χ2n) is 7.81. The van der Waals surface area contributed by atoms with Crippen LogP contribution in [0.4, 0.5) is 0 Å². The molecule has 4 rings (SSSR count). The molecule has 0 bridgehead atoms. The van der Waals surface area contributed by atoms with E-state index in [1.54, 1.807) is 17.4 Å². The van der Waals surface area contributed by atoms with Crippen LogP contribution in [0, 0.1) is 5.92 Å². The van der Waals surface area contributed by atoms with Gasteiger partial charge in [-0.15, -0.1) is 11.3 Å². The number of para-hydroxylation sites is 1. The molecule has 3 aromatic heterocycles. The van der Waals surface area contributed by atoms with E-state index in [0.717, 1.165) is 21.5 Å². The van der Waals surface area contributed by atoms with Gasteiger partial charge in [-0.2, -0.15) is 10.2 Å². The topological polar surface area (TPSA) is 81.8 Å². The predicted molar refractivity (Wildman–Crippen MR) is 123 cm³/mol. The van der Waals surface area contributed by atoms with Gasteiger partial charge in [0.15, 0.2) is 0 Å². The van der Waals surface area contributed by atoms with Crippen LogP contribution in [-0.4, -0.2) is 31.5 Å². The first-order chi connectivity index (χ1) is 15.0. The molecule has 0 aliphatic carbocycles. The summed E-state index contributed by atoms with van der Waals surface area (Å²) in [6.45, 7) is 4.88. The van der Waals surface area contributed by atoms with Gasteiger partial charge in [-0.1, -0.05) is 38.1 Å². The van der Waals surface area contributed by atoms with E-state index in [1.807, 2.05) is 66.5 Å². The Bertz CT molecular complexity index is 1230. The summed E-state index contributed by atoms with van der Waals surface area (Å²) in [7, 11) is 0. The fourth-order valence-electron chi connectivity index (χ4n) is 3.44. The van der Waals surface area contributed by atoms with Crippen LogP contribution in [0.3, 0.4) is 0 Å². The van der Waals surface area contributed by atoms with E-state index in [0.29, 0.717) is 19.5 Å². The molecule has 0 aliphatic rings. The van der Waals surface area contributed by atoms with Crippen molar-refractivity contribution < 1.29 is 4.79 Å². The van der Waals surface area contributed by atoms with Gasteiger partial charge in [0.25, 0.3) is 5.56 Å². The lowest BCUT2D eigenvalue weighted by Crippen LogP contribution is -2.44. The van der Waals surface area contributed by atoms with E-state index in [-0.39, 0.29) is 23.4 Å². The smallest absolute Gasteiger partial charge is 0.266 e. The van der Waals surface area contributed by atoms with Crippen LogP contribution in [0.25, 0.3) is 21.5 Å². The molecule has 31 heavy (non-hydrogen) atoms. The fourth-order valence-corrected chi connectivity index (χ4v) is 4.13. The molecule has 1 amide bonds. The third-order valence-corrected chi connectivity index (χ3v) is 6.16. The summed E-state index contributed by atoms with van der Waals surface area (Å²) in [5.41, 5.74) is 1.59. The minimum atomic E-state index is -0.203. The number of benzene rings is 1. The molecule has 0 spiro atoms. The Labute approximate surface area is 184 Å². The molecule has 0 fully saturated rings. The maximum Gasteiger partial charge on any atom is 0.266 e. The zero-order valence-electron chi connectivity index (χ0n) is 17.6. The van der Waals surface area contributed by atoms with Gasteiger partial charge in [0.05, 0.1) is 35.7 Å². The van der Waals surface area contributed by atoms with Gasteiger partial charge in [0.2, 0.25) is 5.91 Å². The predicted octanol–water partition coefficient (Wildman–Crippen LogP) is 3.55. The first-order valence-corrected chi connectivity index (χ1v) is 11.2. The molecular weight excluding hydrogens is 410 g/mol. The summed E-state index contributed by atoms with van der Waals surface area (Å²) < 4.78 is 3.29. The van der Waals surface area contributed by atoms with Crippen molar-refractivity contribution in [2.24, 2.45) is 5.92 Å². The Kier molecular flexibility index (Phi) is 6.27. The molecule has 1 atom stereocenters. The number of aromatic nitrogens is 4. The SMILES string of the molecule is CC(C)[C@@H](Cn1nc(-c2cccs2)ccc1=O)NC(=O)CCn1ncc2ccccc21. The number of thiophene rings is 1. The number of hydrogen-bond donors (Lipinski definition) is 1. The number of aryl methyl sites for hydroxylation is 1. The van der Waals surface area contributed by atoms with Gasteiger partial charge < -0.3 is 5.32 Å². The monoisotopic (exact) mass is 435 g/mol. The Morgan fingerprint density at radius 1 is 1.10 bits per heavy atom. The van der Waals surface area contributed by atoms with Gasteiger partial charge >= 0.3 is 0 Å². The zero-order chi connectivity index (χ0) is 21.8. The number of carbonyl (C=O) groups is 1. The molecule has 0 saturated heterocycles. The van der Waals surface area contributed by atoms with Crippen molar-refractivity contribution in [2.45, 2.75) is 39.4 Å². The van der Waals surface area contributed by atoms with Crippen LogP contribution in [0.5, 0.6) is 0 Å². The average Bonchev–Trinajstić information content (AvgIpc) is 3.43. The fraction of sp³-hybridized carbons (Fsp3) is 0.304. The van der Waals surface area contributed by atoms with Crippen molar-refractivity contribution >= 4 is 28.1 Å². The lowest BCUT2D eigenvalue weighted by atomic mass is 10.0. The molecular formula is C23H25N5O2S. The van der Waals surface area contributed by atoms with Crippen LogP contribution < -0.4 is 10.9 Å². The van der Waals surface area contributed by atoms with Crippen LogP contribution >= 0.6 is 11.3 Å². The standard InChI is InChI=1S/C23H25N5O2S/c1-16(2)19(15-28-23(30)10-9-18(26-28)21-8-5-13-31-21)25-22(29)11-12-27-20-7-4-3-6-17(20)14-24-27/h3-10,13-14,16,19H,11-12,15H2,1-2H3,(H,25,29)/t19-/m1/s1. The van der Waals surface area contributed by atoms with E-state index in [9.17, 15) is 9.59 Å². The highest BCUT2D eigenvalue weighted by molar-refractivity contribution is 7.13. The van der Waals surface area contributed by atoms with Gasteiger partial charge in [-0.25, -0.2) is 4.68 Å². The molecule has 4 aromatic rings. The van der Waals surface area contributed by atoms with E-state index in [4.69, 9.17) is 0 Å². The van der Waals surface area contributed by atoms with Gasteiger partial charge in [-0.3, -0.25) is 14.3 Å². The van der Waals surface area contributed by atoms with Gasteiger partial charge in [0, 0.05) is 17.9 Å². The van der Waals surface area contributed by atoms with Crippen molar-refractivity contribution in [3.63, 3.8) is 0 Å². The summed E-state index contributed by atoms with van der Waals surface area (Å²) >= 11 is 1.58. The molecule has 0 saturated carbocycles. The molecule has 0 aliphatic heterocycles. The van der Waals surface area contributed by atoms with Crippen molar-refractivity contribution in [1.29, 1.82) is 0 Å². The van der Waals surface area contributed by atoms with Crippen molar-refractivity contribution in [3.05, 3.63) is 70.5 Å². The van der Waals surface area contributed by atoms with Gasteiger partial charge in [0.1, 0.15) is 5.69 Å². The second-order valence-corrected chi connectivity index (χ2v) is 8.76. The van der Waals surface area contributed by atoms with Crippen LogP contribution in [0.15, 0.2) is 64.9 Å². The molecule has 0 unspecified atom stereocenters. The van der Waals surface area contributed by atoms with E-state index in [2.05, 4.69) is 15.5 Å². The third kappa shape index (κ3) is 4.91. The largest absolute Gasteiger partial charge is 0.351 e. The summed E-state index contributed by atoms with van der Waals surface area (Å²) in [4.78, 5) is 26.0. The number of rotatable bonds is 8. The zero-order valence-corrected chi connectivity index (χ0v) is 18.4. The highest BCUT2D eigenvalue weighted by atomic mass is 32.1. The molecule has 8 heteroatoms. The first kappa shape index (κ1) is 21.0. The lowest BCUT2D eigenvalue weighted by molar-refractivity contribution is -0.122.